The first-order chi connectivity index (χ1) is 13.2. The molecule has 7 nitrogen and oxygen atoms in total. The number of amides is 1. The molecule has 0 atom stereocenters. The number of carbonyl (C=O) groups is 2. The standard InChI is InChI=1S/C20H24N2O5S/c1-14(2)17-6-4-16(5-7-17)13-27-20(24)12-21-28(25,26)19-10-8-18(9-11-19)22-15(3)23/h4-11,14,21H,12-13H2,1-3H3,(H,22,23). The highest BCUT2D eigenvalue weighted by Gasteiger charge is 2.16. The molecule has 2 rings (SSSR count). The van der Waals surface area contributed by atoms with Crippen LogP contribution in [0.25, 0.3) is 0 Å². The molecule has 0 heterocycles. The van der Waals surface area contributed by atoms with Crippen molar-refractivity contribution in [3.8, 4) is 0 Å². The summed E-state index contributed by atoms with van der Waals surface area (Å²) in [4.78, 5) is 22.8. The predicted molar refractivity (Wildman–Crippen MR) is 106 cm³/mol. The van der Waals surface area contributed by atoms with Gasteiger partial charge in [-0.15, -0.1) is 0 Å². The lowest BCUT2D eigenvalue weighted by molar-refractivity contribution is -0.143. The molecule has 0 saturated carbocycles. The zero-order chi connectivity index (χ0) is 20.7. The van der Waals surface area contributed by atoms with Crippen molar-refractivity contribution >= 4 is 27.6 Å². The SMILES string of the molecule is CC(=O)Nc1ccc(S(=O)(=O)NCC(=O)OCc2ccc(C(C)C)cc2)cc1. The van der Waals surface area contributed by atoms with E-state index >= 15 is 0 Å². The van der Waals surface area contributed by atoms with E-state index < -0.39 is 22.5 Å². The van der Waals surface area contributed by atoms with Crippen LogP contribution in [0, 0.1) is 0 Å². The summed E-state index contributed by atoms with van der Waals surface area (Å²) in [6.07, 6.45) is 0. The molecule has 0 aliphatic carbocycles. The third kappa shape index (κ3) is 6.47. The van der Waals surface area contributed by atoms with Gasteiger partial charge in [0.2, 0.25) is 15.9 Å². The highest BCUT2D eigenvalue weighted by Crippen LogP contribution is 2.15. The van der Waals surface area contributed by atoms with Gasteiger partial charge in [0.25, 0.3) is 0 Å². The highest BCUT2D eigenvalue weighted by molar-refractivity contribution is 7.89. The van der Waals surface area contributed by atoms with Crippen LogP contribution in [0.2, 0.25) is 0 Å². The molecule has 0 saturated heterocycles. The maximum atomic E-state index is 12.2. The van der Waals surface area contributed by atoms with Crippen LogP contribution in [0.5, 0.6) is 0 Å². The minimum absolute atomic E-state index is 0.0151. The van der Waals surface area contributed by atoms with E-state index in [0.29, 0.717) is 11.6 Å². The van der Waals surface area contributed by atoms with Crippen LogP contribution in [0.3, 0.4) is 0 Å². The second kappa shape index (κ2) is 9.48. The number of esters is 1. The molecular weight excluding hydrogens is 380 g/mol. The van der Waals surface area contributed by atoms with E-state index in [-0.39, 0.29) is 17.4 Å². The van der Waals surface area contributed by atoms with Gasteiger partial charge in [0, 0.05) is 12.6 Å². The van der Waals surface area contributed by atoms with Gasteiger partial charge in [-0.05, 0) is 41.3 Å². The Balaban J connectivity index is 1.86. The molecule has 0 radical (unpaired) electrons. The number of ether oxygens (including phenoxy) is 1. The van der Waals surface area contributed by atoms with E-state index in [2.05, 4.69) is 23.9 Å². The molecule has 2 N–H and O–H groups in total. The zero-order valence-electron chi connectivity index (χ0n) is 16.1. The van der Waals surface area contributed by atoms with Gasteiger partial charge in [-0.1, -0.05) is 38.1 Å². The van der Waals surface area contributed by atoms with Crippen LogP contribution in [-0.2, 0) is 31.0 Å². The molecule has 2 aromatic rings. The Kier molecular flexibility index (Phi) is 7.31. The van der Waals surface area contributed by atoms with Gasteiger partial charge < -0.3 is 10.1 Å². The van der Waals surface area contributed by atoms with Gasteiger partial charge in [-0.25, -0.2) is 8.42 Å². The second-order valence-electron chi connectivity index (χ2n) is 6.59. The van der Waals surface area contributed by atoms with E-state index in [0.717, 1.165) is 5.56 Å². The number of benzene rings is 2. The van der Waals surface area contributed by atoms with E-state index in [1.807, 2.05) is 24.3 Å². The summed E-state index contributed by atoms with van der Waals surface area (Å²) in [5.74, 6) is -0.514. The highest BCUT2D eigenvalue weighted by atomic mass is 32.2. The smallest absolute Gasteiger partial charge is 0.321 e. The normalized spacial score (nSPS) is 11.3. The quantitative estimate of drug-likeness (QED) is 0.659. The molecule has 8 heteroatoms. The lowest BCUT2D eigenvalue weighted by Gasteiger charge is -2.09. The fraction of sp³-hybridized carbons (Fsp3) is 0.300. The molecule has 150 valence electrons. The van der Waals surface area contributed by atoms with Gasteiger partial charge in [-0.2, -0.15) is 4.72 Å². The van der Waals surface area contributed by atoms with Crippen LogP contribution < -0.4 is 10.0 Å². The van der Waals surface area contributed by atoms with E-state index in [1.54, 1.807) is 0 Å². The third-order valence-electron chi connectivity index (χ3n) is 3.94. The lowest BCUT2D eigenvalue weighted by atomic mass is 10.0. The molecule has 0 unspecified atom stereocenters. The van der Waals surface area contributed by atoms with Gasteiger partial charge in [-0.3, -0.25) is 9.59 Å². The average molecular weight is 404 g/mol. The number of hydrogen-bond acceptors (Lipinski definition) is 5. The average Bonchev–Trinajstić information content (AvgIpc) is 2.65. The van der Waals surface area contributed by atoms with Crippen LogP contribution in [-0.4, -0.2) is 26.8 Å². The maximum Gasteiger partial charge on any atom is 0.321 e. The van der Waals surface area contributed by atoms with Gasteiger partial charge in [0.05, 0.1) is 4.90 Å². The molecular formula is C20H24N2O5S. The third-order valence-corrected chi connectivity index (χ3v) is 5.35. The van der Waals surface area contributed by atoms with Gasteiger partial charge in [0.15, 0.2) is 0 Å². The molecule has 0 aliphatic rings. The number of sulfonamides is 1. The van der Waals surface area contributed by atoms with E-state index in [9.17, 15) is 18.0 Å². The van der Waals surface area contributed by atoms with Gasteiger partial charge >= 0.3 is 5.97 Å². The molecule has 28 heavy (non-hydrogen) atoms. The maximum absolute atomic E-state index is 12.2. The summed E-state index contributed by atoms with van der Waals surface area (Å²) < 4.78 is 31.8. The monoisotopic (exact) mass is 404 g/mol. The number of carbonyl (C=O) groups excluding carboxylic acids is 2. The van der Waals surface area contributed by atoms with Crippen LogP contribution in [0.15, 0.2) is 53.4 Å². The Morgan fingerprint density at radius 2 is 1.61 bits per heavy atom. The molecule has 2 aromatic carbocycles. The second-order valence-corrected chi connectivity index (χ2v) is 8.35. The molecule has 0 aliphatic heterocycles. The van der Waals surface area contributed by atoms with Crippen molar-refractivity contribution in [1.29, 1.82) is 0 Å². The van der Waals surface area contributed by atoms with Crippen LogP contribution in [0.1, 0.15) is 37.8 Å². The van der Waals surface area contributed by atoms with Crippen LogP contribution >= 0.6 is 0 Å². The predicted octanol–water partition coefficient (Wildman–Crippen LogP) is 2.79. The minimum Gasteiger partial charge on any atom is -0.460 e. The number of hydrogen-bond donors (Lipinski definition) is 2. The summed E-state index contributed by atoms with van der Waals surface area (Å²) in [7, 11) is -3.86. The van der Waals surface area contributed by atoms with Crippen molar-refractivity contribution in [2.24, 2.45) is 0 Å². The lowest BCUT2D eigenvalue weighted by Crippen LogP contribution is -2.30. The molecule has 0 aromatic heterocycles. The number of rotatable bonds is 8. The van der Waals surface area contributed by atoms with Crippen LogP contribution in [0.4, 0.5) is 5.69 Å². The Bertz CT molecular complexity index is 920. The summed E-state index contributed by atoms with van der Waals surface area (Å²) in [6, 6.07) is 13.3. The summed E-state index contributed by atoms with van der Waals surface area (Å²) >= 11 is 0. The first-order valence-corrected chi connectivity index (χ1v) is 10.3. The summed E-state index contributed by atoms with van der Waals surface area (Å²) in [5.41, 5.74) is 2.50. The minimum atomic E-state index is -3.86. The first kappa shape index (κ1) is 21.6. The Labute approximate surface area is 165 Å². The largest absolute Gasteiger partial charge is 0.460 e. The van der Waals surface area contributed by atoms with E-state index in [4.69, 9.17) is 4.74 Å². The fourth-order valence-corrected chi connectivity index (χ4v) is 3.34. The molecule has 0 fully saturated rings. The topological polar surface area (TPSA) is 102 Å². The fourth-order valence-electron chi connectivity index (χ4n) is 2.37. The number of nitrogens with one attached hydrogen (secondary N) is 2. The van der Waals surface area contributed by atoms with Crippen molar-refractivity contribution in [2.75, 3.05) is 11.9 Å². The zero-order valence-corrected chi connectivity index (χ0v) is 16.9. The Hall–Kier alpha value is -2.71. The van der Waals surface area contributed by atoms with Crippen molar-refractivity contribution < 1.29 is 22.7 Å². The molecule has 0 spiro atoms. The van der Waals surface area contributed by atoms with E-state index in [1.165, 1.54) is 36.8 Å². The first-order valence-electron chi connectivity index (χ1n) is 8.79. The van der Waals surface area contributed by atoms with Crippen molar-refractivity contribution in [1.82, 2.24) is 4.72 Å². The number of anilines is 1. The van der Waals surface area contributed by atoms with Crippen molar-refractivity contribution in [2.45, 2.75) is 38.2 Å². The Morgan fingerprint density at radius 1 is 1.00 bits per heavy atom. The molecule has 1 amide bonds. The summed E-state index contributed by atoms with van der Waals surface area (Å²) in [5, 5.41) is 2.55. The Morgan fingerprint density at radius 3 is 2.14 bits per heavy atom. The molecule has 0 bridgehead atoms. The van der Waals surface area contributed by atoms with Crippen molar-refractivity contribution in [3.05, 3.63) is 59.7 Å². The summed E-state index contributed by atoms with van der Waals surface area (Å²) in [6.45, 7) is 5.14. The van der Waals surface area contributed by atoms with Crippen molar-refractivity contribution in [3.63, 3.8) is 0 Å². The van der Waals surface area contributed by atoms with Gasteiger partial charge in [0.1, 0.15) is 13.2 Å².